The minimum atomic E-state index is -3.23. The summed E-state index contributed by atoms with van der Waals surface area (Å²) < 4.78 is 29.4. The van der Waals surface area contributed by atoms with Gasteiger partial charge in [0.15, 0.2) is 9.84 Å². The molecule has 0 spiro atoms. The Kier molecular flexibility index (Phi) is 4.77. The van der Waals surface area contributed by atoms with Gasteiger partial charge in [0.25, 0.3) is 0 Å². The molecule has 1 aromatic rings. The number of carbonyl (C=O) groups excluding carboxylic acids is 1. The number of benzene rings is 1. The van der Waals surface area contributed by atoms with Crippen LogP contribution in [0.15, 0.2) is 29.2 Å². The van der Waals surface area contributed by atoms with E-state index in [4.69, 9.17) is 4.74 Å². The molecule has 0 atom stereocenters. The zero-order valence-electron chi connectivity index (χ0n) is 11.5. The third kappa shape index (κ3) is 3.37. The Labute approximate surface area is 119 Å². The molecule has 1 aromatic carbocycles. The number of hydrogen-bond donors (Lipinski definition) is 1. The molecule has 0 radical (unpaired) electrons. The second kappa shape index (κ2) is 6.37. The molecule has 0 saturated heterocycles. The van der Waals surface area contributed by atoms with Crippen LogP contribution in [0.5, 0.6) is 0 Å². The molecule has 0 aromatic heterocycles. The van der Waals surface area contributed by atoms with E-state index in [9.17, 15) is 13.2 Å². The van der Waals surface area contributed by atoms with Crippen LogP contribution in [0, 0.1) is 0 Å². The van der Waals surface area contributed by atoms with Gasteiger partial charge < -0.3 is 10.1 Å². The van der Waals surface area contributed by atoms with E-state index in [-0.39, 0.29) is 17.8 Å². The first kappa shape index (κ1) is 15.0. The highest BCUT2D eigenvalue weighted by Crippen LogP contribution is 2.29. The van der Waals surface area contributed by atoms with Gasteiger partial charge in [-0.25, -0.2) is 8.42 Å². The van der Waals surface area contributed by atoms with E-state index in [0.29, 0.717) is 10.6 Å². The van der Waals surface area contributed by atoms with Crippen molar-refractivity contribution in [3.63, 3.8) is 0 Å². The number of sulfone groups is 1. The molecule has 6 heteroatoms. The van der Waals surface area contributed by atoms with Gasteiger partial charge in [-0.05, 0) is 37.1 Å². The van der Waals surface area contributed by atoms with Crippen molar-refractivity contribution in [1.29, 1.82) is 0 Å². The van der Waals surface area contributed by atoms with Crippen molar-refractivity contribution < 1.29 is 17.9 Å². The Bertz CT molecular complexity index is 559. The van der Waals surface area contributed by atoms with E-state index in [1.807, 2.05) is 0 Å². The van der Waals surface area contributed by atoms with E-state index in [1.165, 1.54) is 7.11 Å². The standard InChI is InChI=1S/C14H19NO4S/c1-19-10-14(16)15-11-6-8-13(9-7-11)20(17,18)12-4-2-3-5-12/h6-9,12H,2-5,10H2,1H3,(H,15,16). The number of ether oxygens (including phenoxy) is 1. The van der Waals surface area contributed by atoms with Gasteiger partial charge in [-0.1, -0.05) is 12.8 Å². The first-order valence-electron chi connectivity index (χ1n) is 6.67. The Morgan fingerprint density at radius 3 is 2.40 bits per heavy atom. The summed E-state index contributed by atoms with van der Waals surface area (Å²) in [6.07, 6.45) is 3.45. The van der Waals surface area contributed by atoms with Crippen LogP contribution in [0.2, 0.25) is 0 Å². The number of nitrogens with one attached hydrogen (secondary N) is 1. The zero-order chi connectivity index (χ0) is 14.6. The maximum Gasteiger partial charge on any atom is 0.250 e. The highest BCUT2D eigenvalue weighted by atomic mass is 32.2. The van der Waals surface area contributed by atoms with E-state index in [2.05, 4.69) is 5.32 Å². The smallest absolute Gasteiger partial charge is 0.250 e. The summed E-state index contributed by atoms with van der Waals surface area (Å²) >= 11 is 0. The van der Waals surface area contributed by atoms with Crippen LogP contribution < -0.4 is 5.32 Å². The molecular weight excluding hydrogens is 278 g/mol. The Balaban J connectivity index is 2.09. The summed E-state index contributed by atoms with van der Waals surface area (Å²) in [5.74, 6) is -0.265. The SMILES string of the molecule is COCC(=O)Nc1ccc(S(=O)(=O)C2CCCC2)cc1. The number of rotatable bonds is 5. The molecule has 1 fully saturated rings. The first-order chi connectivity index (χ1) is 9.54. The minimum absolute atomic E-state index is 0.0257. The minimum Gasteiger partial charge on any atom is -0.375 e. The van der Waals surface area contributed by atoms with Crippen molar-refractivity contribution in [3.8, 4) is 0 Å². The van der Waals surface area contributed by atoms with Crippen molar-refractivity contribution in [1.82, 2.24) is 0 Å². The fourth-order valence-electron chi connectivity index (χ4n) is 2.45. The van der Waals surface area contributed by atoms with Crippen LogP contribution in [0.25, 0.3) is 0 Å². The molecule has 1 saturated carbocycles. The van der Waals surface area contributed by atoms with Crippen LogP contribution in [0.4, 0.5) is 5.69 Å². The summed E-state index contributed by atoms with van der Waals surface area (Å²) in [7, 11) is -1.79. The topological polar surface area (TPSA) is 72.5 Å². The van der Waals surface area contributed by atoms with Gasteiger partial charge in [-0.3, -0.25) is 4.79 Å². The van der Waals surface area contributed by atoms with Gasteiger partial charge in [0.05, 0.1) is 10.1 Å². The molecule has 0 heterocycles. The lowest BCUT2D eigenvalue weighted by Gasteiger charge is -2.11. The lowest BCUT2D eigenvalue weighted by molar-refractivity contribution is -0.119. The van der Waals surface area contributed by atoms with Gasteiger partial charge in [0.2, 0.25) is 5.91 Å². The predicted octanol–water partition coefficient (Wildman–Crippen LogP) is 1.99. The molecular formula is C14H19NO4S. The molecule has 20 heavy (non-hydrogen) atoms. The molecule has 1 amide bonds. The van der Waals surface area contributed by atoms with Crippen LogP contribution >= 0.6 is 0 Å². The Morgan fingerprint density at radius 2 is 1.85 bits per heavy atom. The van der Waals surface area contributed by atoms with Crippen LogP contribution in [-0.2, 0) is 19.4 Å². The van der Waals surface area contributed by atoms with Gasteiger partial charge >= 0.3 is 0 Å². The lowest BCUT2D eigenvalue weighted by atomic mass is 10.3. The van der Waals surface area contributed by atoms with Gasteiger partial charge in [0.1, 0.15) is 6.61 Å². The fraction of sp³-hybridized carbons (Fsp3) is 0.500. The highest BCUT2D eigenvalue weighted by molar-refractivity contribution is 7.92. The van der Waals surface area contributed by atoms with Crippen molar-refractivity contribution in [2.24, 2.45) is 0 Å². The molecule has 1 aliphatic rings. The monoisotopic (exact) mass is 297 g/mol. The number of anilines is 1. The third-order valence-corrected chi connectivity index (χ3v) is 5.76. The summed E-state index contributed by atoms with van der Waals surface area (Å²) in [5, 5.41) is 2.38. The number of amides is 1. The van der Waals surface area contributed by atoms with Crippen LogP contribution in [0.3, 0.4) is 0 Å². The molecule has 110 valence electrons. The highest BCUT2D eigenvalue weighted by Gasteiger charge is 2.30. The van der Waals surface area contributed by atoms with Gasteiger partial charge in [-0.15, -0.1) is 0 Å². The summed E-state index contributed by atoms with van der Waals surface area (Å²) in [4.78, 5) is 11.7. The summed E-state index contributed by atoms with van der Waals surface area (Å²) in [6.45, 7) is -0.0257. The Morgan fingerprint density at radius 1 is 1.25 bits per heavy atom. The van der Waals surface area contributed by atoms with E-state index in [0.717, 1.165) is 25.7 Å². The van der Waals surface area contributed by atoms with Crippen LogP contribution in [-0.4, -0.2) is 33.3 Å². The van der Waals surface area contributed by atoms with Crippen molar-refractivity contribution >= 4 is 21.4 Å². The lowest BCUT2D eigenvalue weighted by Crippen LogP contribution is -2.18. The second-order valence-corrected chi connectivity index (χ2v) is 7.19. The third-order valence-electron chi connectivity index (χ3n) is 3.48. The van der Waals surface area contributed by atoms with Crippen LogP contribution in [0.1, 0.15) is 25.7 Å². The van der Waals surface area contributed by atoms with Gasteiger partial charge in [-0.2, -0.15) is 0 Å². The molecule has 1 N–H and O–H groups in total. The summed E-state index contributed by atoms with van der Waals surface area (Å²) in [5.41, 5.74) is 0.567. The molecule has 0 bridgehead atoms. The summed E-state index contributed by atoms with van der Waals surface area (Å²) in [6, 6.07) is 6.32. The normalized spacial score (nSPS) is 16.2. The number of carbonyl (C=O) groups is 1. The average Bonchev–Trinajstić information content (AvgIpc) is 2.94. The molecule has 0 unspecified atom stereocenters. The molecule has 2 rings (SSSR count). The predicted molar refractivity (Wildman–Crippen MR) is 76.4 cm³/mol. The number of methoxy groups -OCH3 is 1. The maximum absolute atomic E-state index is 12.4. The number of hydrogen-bond acceptors (Lipinski definition) is 4. The molecule has 0 aliphatic heterocycles. The van der Waals surface area contributed by atoms with Crippen molar-refractivity contribution in [2.45, 2.75) is 35.8 Å². The van der Waals surface area contributed by atoms with Gasteiger partial charge in [0, 0.05) is 12.8 Å². The Hall–Kier alpha value is -1.40. The molecule has 1 aliphatic carbocycles. The average molecular weight is 297 g/mol. The van der Waals surface area contributed by atoms with Crippen molar-refractivity contribution in [2.75, 3.05) is 19.0 Å². The van der Waals surface area contributed by atoms with E-state index < -0.39 is 9.84 Å². The van der Waals surface area contributed by atoms with E-state index >= 15 is 0 Å². The zero-order valence-corrected chi connectivity index (χ0v) is 12.3. The molecule has 5 nitrogen and oxygen atoms in total. The maximum atomic E-state index is 12.4. The van der Waals surface area contributed by atoms with E-state index in [1.54, 1.807) is 24.3 Å². The quantitative estimate of drug-likeness (QED) is 0.902. The van der Waals surface area contributed by atoms with Crippen molar-refractivity contribution in [3.05, 3.63) is 24.3 Å². The first-order valence-corrected chi connectivity index (χ1v) is 8.21. The fourth-order valence-corrected chi connectivity index (χ4v) is 4.30. The largest absolute Gasteiger partial charge is 0.375 e. The second-order valence-electron chi connectivity index (χ2n) is 4.96.